The molecule has 30 heavy (non-hydrogen) atoms. The van der Waals surface area contributed by atoms with Gasteiger partial charge in [0.2, 0.25) is 5.78 Å². The fraction of sp³-hybridized carbons (Fsp3) is 0.200. The van der Waals surface area contributed by atoms with E-state index in [4.69, 9.17) is 9.47 Å². The van der Waals surface area contributed by atoms with Crippen LogP contribution in [0.15, 0.2) is 73.3 Å². The van der Waals surface area contributed by atoms with Crippen molar-refractivity contribution in [1.82, 2.24) is 4.57 Å². The van der Waals surface area contributed by atoms with E-state index in [0.29, 0.717) is 24.3 Å². The Balaban J connectivity index is 1.55. The highest BCUT2D eigenvalue weighted by molar-refractivity contribution is 6.00. The molecule has 154 valence electrons. The summed E-state index contributed by atoms with van der Waals surface area (Å²) < 4.78 is 12.9. The lowest BCUT2D eigenvalue weighted by Crippen LogP contribution is -2.15. The predicted octanol–water partition coefficient (Wildman–Crippen LogP) is 4.91. The number of allylic oxidation sites excluding steroid dienone is 1. The van der Waals surface area contributed by atoms with Crippen molar-refractivity contribution < 1.29 is 19.1 Å². The Bertz CT molecular complexity index is 1030. The molecule has 5 nitrogen and oxygen atoms in total. The van der Waals surface area contributed by atoms with Crippen LogP contribution in [0.25, 0.3) is 0 Å². The number of rotatable bonds is 9. The van der Waals surface area contributed by atoms with E-state index in [9.17, 15) is 9.59 Å². The third-order valence-electron chi connectivity index (χ3n) is 4.86. The van der Waals surface area contributed by atoms with Crippen molar-refractivity contribution in [1.29, 1.82) is 0 Å². The van der Waals surface area contributed by atoms with Gasteiger partial charge in [-0.25, -0.2) is 4.79 Å². The van der Waals surface area contributed by atoms with E-state index in [2.05, 4.69) is 6.58 Å². The molecule has 2 aromatic carbocycles. The van der Waals surface area contributed by atoms with Crippen molar-refractivity contribution in [2.75, 3.05) is 6.61 Å². The zero-order valence-corrected chi connectivity index (χ0v) is 17.3. The zero-order valence-electron chi connectivity index (χ0n) is 17.3. The van der Waals surface area contributed by atoms with Crippen molar-refractivity contribution in [3.63, 3.8) is 0 Å². The standard InChI is InChI=1S/C25H25NO4/c1-4-14-26-18(2)15-23(19(26)3)24(27)17-30-25(28)21-12-10-20(11-13-21)16-29-22-8-6-5-7-9-22/h4-13,15H,1,14,16-17H2,2-3H3. The highest BCUT2D eigenvalue weighted by Gasteiger charge is 2.17. The van der Waals surface area contributed by atoms with Gasteiger partial charge in [0, 0.05) is 23.5 Å². The molecule has 0 bridgehead atoms. The third-order valence-corrected chi connectivity index (χ3v) is 4.86. The largest absolute Gasteiger partial charge is 0.489 e. The number of esters is 1. The Morgan fingerprint density at radius 1 is 1.03 bits per heavy atom. The molecule has 3 rings (SSSR count). The summed E-state index contributed by atoms with van der Waals surface area (Å²) in [6.45, 7) is 8.28. The van der Waals surface area contributed by atoms with Crippen LogP contribution in [-0.4, -0.2) is 22.9 Å². The van der Waals surface area contributed by atoms with Crippen LogP contribution >= 0.6 is 0 Å². The summed E-state index contributed by atoms with van der Waals surface area (Å²) in [7, 11) is 0. The molecule has 0 atom stereocenters. The molecule has 0 radical (unpaired) electrons. The van der Waals surface area contributed by atoms with Gasteiger partial charge in [-0.1, -0.05) is 36.4 Å². The predicted molar refractivity (Wildman–Crippen MR) is 116 cm³/mol. The van der Waals surface area contributed by atoms with Gasteiger partial charge in [0.15, 0.2) is 6.61 Å². The molecule has 1 heterocycles. The van der Waals surface area contributed by atoms with Gasteiger partial charge >= 0.3 is 5.97 Å². The highest BCUT2D eigenvalue weighted by atomic mass is 16.5. The molecule has 0 unspecified atom stereocenters. The summed E-state index contributed by atoms with van der Waals surface area (Å²) in [5.41, 5.74) is 3.70. The molecule has 0 N–H and O–H groups in total. The van der Waals surface area contributed by atoms with E-state index in [-0.39, 0.29) is 12.4 Å². The van der Waals surface area contributed by atoms with Gasteiger partial charge in [0.25, 0.3) is 0 Å². The number of aromatic nitrogens is 1. The highest BCUT2D eigenvalue weighted by Crippen LogP contribution is 2.17. The number of carbonyl (C=O) groups is 2. The smallest absolute Gasteiger partial charge is 0.338 e. The lowest BCUT2D eigenvalue weighted by molar-refractivity contribution is 0.0474. The maximum absolute atomic E-state index is 12.5. The normalized spacial score (nSPS) is 10.5. The van der Waals surface area contributed by atoms with Crippen LogP contribution in [0.1, 0.15) is 37.7 Å². The summed E-state index contributed by atoms with van der Waals surface area (Å²) in [4.78, 5) is 24.8. The Hall–Kier alpha value is -3.60. The lowest BCUT2D eigenvalue weighted by Gasteiger charge is -2.08. The number of ether oxygens (including phenoxy) is 2. The summed E-state index contributed by atoms with van der Waals surface area (Å²) in [6, 6.07) is 18.3. The first-order chi connectivity index (χ1) is 14.5. The van der Waals surface area contributed by atoms with Crippen LogP contribution in [0.2, 0.25) is 0 Å². The Morgan fingerprint density at radius 2 is 1.73 bits per heavy atom. The number of benzene rings is 2. The SMILES string of the molecule is C=CCn1c(C)cc(C(=O)COC(=O)c2ccc(COc3ccccc3)cc2)c1C. The second kappa shape index (κ2) is 9.74. The molecule has 0 aliphatic rings. The summed E-state index contributed by atoms with van der Waals surface area (Å²) in [5.74, 6) is 0.0328. The first kappa shape index (κ1) is 21.1. The van der Waals surface area contributed by atoms with Crippen LogP contribution < -0.4 is 4.74 Å². The molecule has 0 aliphatic carbocycles. The number of hydrogen-bond acceptors (Lipinski definition) is 4. The molecular formula is C25H25NO4. The Labute approximate surface area is 176 Å². The first-order valence-electron chi connectivity index (χ1n) is 9.74. The van der Waals surface area contributed by atoms with Crippen LogP contribution in [0, 0.1) is 13.8 Å². The second-order valence-corrected chi connectivity index (χ2v) is 6.98. The van der Waals surface area contributed by atoms with Gasteiger partial charge in [0.05, 0.1) is 5.56 Å². The molecule has 5 heteroatoms. The van der Waals surface area contributed by atoms with Crippen LogP contribution in [0.5, 0.6) is 5.75 Å². The number of para-hydroxylation sites is 1. The zero-order chi connectivity index (χ0) is 21.5. The molecule has 0 saturated heterocycles. The van der Waals surface area contributed by atoms with Gasteiger partial charge in [-0.15, -0.1) is 6.58 Å². The van der Waals surface area contributed by atoms with Gasteiger partial charge in [-0.3, -0.25) is 4.79 Å². The molecule has 0 amide bonds. The van der Waals surface area contributed by atoms with E-state index < -0.39 is 5.97 Å². The monoisotopic (exact) mass is 403 g/mol. The minimum Gasteiger partial charge on any atom is -0.489 e. The van der Waals surface area contributed by atoms with E-state index >= 15 is 0 Å². The number of aryl methyl sites for hydroxylation is 1. The number of carbonyl (C=O) groups excluding carboxylic acids is 2. The molecule has 3 aromatic rings. The van der Waals surface area contributed by atoms with Crippen molar-refractivity contribution in [2.45, 2.75) is 27.0 Å². The summed E-state index contributed by atoms with van der Waals surface area (Å²) in [6.07, 6.45) is 1.78. The minimum atomic E-state index is -0.529. The van der Waals surface area contributed by atoms with Crippen LogP contribution in [-0.2, 0) is 17.9 Å². The van der Waals surface area contributed by atoms with Gasteiger partial charge in [-0.05, 0) is 49.7 Å². The average Bonchev–Trinajstić information content (AvgIpc) is 3.05. The third kappa shape index (κ3) is 5.06. The molecule has 0 saturated carbocycles. The number of ketones is 1. The topological polar surface area (TPSA) is 57.5 Å². The number of hydrogen-bond donors (Lipinski definition) is 0. The average molecular weight is 403 g/mol. The van der Waals surface area contributed by atoms with Crippen LogP contribution in [0.4, 0.5) is 0 Å². The van der Waals surface area contributed by atoms with Gasteiger partial charge in [-0.2, -0.15) is 0 Å². The molecule has 0 spiro atoms. The second-order valence-electron chi connectivity index (χ2n) is 6.98. The summed E-state index contributed by atoms with van der Waals surface area (Å²) >= 11 is 0. The fourth-order valence-corrected chi connectivity index (χ4v) is 3.21. The first-order valence-corrected chi connectivity index (χ1v) is 9.74. The Morgan fingerprint density at radius 3 is 2.40 bits per heavy atom. The van der Waals surface area contributed by atoms with E-state index in [1.165, 1.54) is 0 Å². The lowest BCUT2D eigenvalue weighted by atomic mass is 10.1. The van der Waals surface area contributed by atoms with Crippen molar-refractivity contribution >= 4 is 11.8 Å². The van der Waals surface area contributed by atoms with Crippen LogP contribution in [0.3, 0.4) is 0 Å². The quantitative estimate of drug-likeness (QED) is 0.289. The van der Waals surface area contributed by atoms with Crippen molar-refractivity contribution in [3.05, 3.63) is 101 Å². The summed E-state index contributed by atoms with van der Waals surface area (Å²) in [5, 5.41) is 0. The Kier molecular flexibility index (Phi) is 6.86. The van der Waals surface area contributed by atoms with E-state index in [1.807, 2.05) is 66.9 Å². The van der Waals surface area contributed by atoms with Gasteiger partial charge < -0.3 is 14.0 Å². The van der Waals surface area contributed by atoms with Gasteiger partial charge in [0.1, 0.15) is 12.4 Å². The fourth-order valence-electron chi connectivity index (χ4n) is 3.21. The molecule has 0 fully saturated rings. The van der Waals surface area contributed by atoms with Crippen molar-refractivity contribution in [2.24, 2.45) is 0 Å². The van der Waals surface area contributed by atoms with E-state index in [1.54, 1.807) is 18.2 Å². The molecular weight excluding hydrogens is 378 g/mol. The molecule has 1 aromatic heterocycles. The molecule has 0 aliphatic heterocycles. The maximum Gasteiger partial charge on any atom is 0.338 e. The minimum absolute atomic E-state index is 0.223. The van der Waals surface area contributed by atoms with Crippen molar-refractivity contribution in [3.8, 4) is 5.75 Å². The van der Waals surface area contributed by atoms with E-state index in [0.717, 1.165) is 22.7 Å². The number of Topliss-reactive ketones (excluding diaryl/α,β-unsaturated/α-hetero) is 1. The maximum atomic E-state index is 12.5. The number of nitrogens with zero attached hydrogens (tertiary/aromatic N) is 1.